The van der Waals surface area contributed by atoms with Gasteiger partial charge in [-0.25, -0.2) is 8.42 Å². The second kappa shape index (κ2) is 9.55. The summed E-state index contributed by atoms with van der Waals surface area (Å²) in [6.45, 7) is 2.79. The van der Waals surface area contributed by atoms with Crippen LogP contribution in [0.15, 0.2) is 35.2 Å². The number of aryl methyl sites for hydroxylation is 1. The van der Waals surface area contributed by atoms with Crippen LogP contribution in [-0.4, -0.2) is 65.1 Å². The Morgan fingerprint density at radius 2 is 1.66 bits per heavy atom. The molecule has 10 nitrogen and oxygen atoms in total. The number of nitrogens with one attached hydrogen (secondary N) is 1. The van der Waals surface area contributed by atoms with E-state index >= 15 is 0 Å². The number of morpholine rings is 1. The lowest BCUT2D eigenvalue weighted by Gasteiger charge is -2.26. The minimum Gasteiger partial charge on any atom is -0.493 e. The molecule has 0 aliphatic carbocycles. The summed E-state index contributed by atoms with van der Waals surface area (Å²) in [7, 11) is -0.965. The molecule has 11 heteroatoms. The number of benzene rings is 2. The van der Waals surface area contributed by atoms with Gasteiger partial charge in [0.25, 0.3) is 11.8 Å². The number of carbonyl (C=O) groups is 2. The van der Waals surface area contributed by atoms with E-state index < -0.39 is 21.8 Å². The standard InChI is InChI=1S/C21H25N3O7S/c1-13-4-5-14(32(27,28)24-6-8-31-9-7-24)10-15(13)21(26)23-17-12-19(30-3)18(29-2)11-16(17)20(22)25/h4-5,10-12H,6-9H2,1-3H3,(H2,22,25)(H,23,26). The Morgan fingerprint density at radius 3 is 2.25 bits per heavy atom. The molecule has 0 radical (unpaired) electrons. The molecule has 0 saturated carbocycles. The number of primary amides is 1. The van der Waals surface area contributed by atoms with Crippen LogP contribution >= 0.6 is 0 Å². The summed E-state index contributed by atoms with van der Waals surface area (Å²) in [5, 5.41) is 2.63. The molecule has 0 unspecified atom stereocenters. The zero-order valence-electron chi connectivity index (χ0n) is 18.0. The Morgan fingerprint density at radius 1 is 1.03 bits per heavy atom. The first-order chi connectivity index (χ1) is 15.2. The quantitative estimate of drug-likeness (QED) is 0.633. The van der Waals surface area contributed by atoms with E-state index in [-0.39, 0.29) is 46.3 Å². The average molecular weight is 464 g/mol. The molecule has 2 amide bonds. The van der Waals surface area contributed by atoms with Crippen LogP contribution < -0.4 is 20.5 Å². The molecule has 1 heterocycles. The lowest BCUT2D eigenvalue weighted by Crippen LogP contribution is -2.40. The highest BCUT2D eigenvalue weighted by Gasteiger charge is 2.27. The van der Waals surface area contributed by atoms with Crippen LogP contribution in [0.3, 0.4) is 0 Å². The van der Waals surface area contributed by atoms with Gasteiger partial charge in [0.05, 0.1) is 43.6 Å². The number of rotatable bonds is 7. The number of anilines is 1. The molecule has 1 fully saturated rings. The number of sulfonamides is 1. The van der Waals surface area contributed by atoms with Crippen molar-refractivity contribution in [3.8, 4) is 11.5 Å². The van der Waals surface area contributed by atoms with E-state index in [4.69, 9.17) is 19.9 Å². The van der Waals surface area contributed by atoms with Gasteiger partial charge in [0.1, 0.15) is 0 Å². The minimum absolute atomic E-state index is 0.00224. The Hall–Kier alpha value is -3.15. The fraction of sp³-hybridized carbons (Fsp3) is 0.333. The molecular formula is C21H25N3O7S. The number of nitrogens with zero attached hydrogens (tertiary/aromatic N) is 1. The van der Waals surface area contributed by atoms with Crippen LogP contribution in [0.5, 0.6) is 11.5 Å². The second-order valence-electron chi connectivity index (χ2n) is 7.06. The largest absolute Gasteiger partial charge is 0.493 e. The van der Waals surface area contributed by atoms with Gasteiger partial charge in [-0.2, -0.15) is 4.31 Å². The average Bonchev–Trinajstić information content (AvgIpc) is 2.79. The summed E-state index contributed by atoms with van der Waals surface area (Å²) in [5.74, 6) is -0.819. The molecule has 0 atom stereocenters. The predicted octanol–water partition coefficient (Wildman–Crippen LogP) is 1.38. The van der Waals surface area contributed by atoms with Gasteiger partial charge >= 0.3 is 0 Å². The van der Waals surface area contributed by atoms with Crippen molar-refractivity contribution in [1.29, 1.82) is 0 Å². The van der Waals surface area contributed by atoms with Gasteiger partial charge in [0, 0.05) is 24.7 Å². The lowest BCUT2D eigenvalue weighted by atomic mass is 10.1. The maximum Gasteiger partial charge on any atom is 0.255 e. The highest BCUT2D eigenvalue weighted by atomic mass is 32.2. The molecule has 1 saturated heterocycles. The third-order valence-corrected chi connectivity index (χ3v) is 6.99. The first-order valence-corrected chi connectivity index (χ1v) is 11.2. The fourth-order valence-electron chi connectivity index (χ4n) is 3.32. The van der Waals surface area contributed by atoms with Gasteiger partial charge in [-0.15, -0.1) is 0 Å². The minimum atomic E-state index is -3.79. The van der Waals surface area contributed by atoms with E-state index in [1.807, 2.05) is 0 Å². The first kappa shape index (κ1) is 23.5. The highest BCUT2D eigenvalue weighted by molar-refractivity contribution is 7.89. The Labute approximate surface area is 186 Å². The van der Waals surface area contributed by atoms with E-state index in [0.717, 1.165) is 0 Å². The van der Waals surface area contributed by atoms with Crippen molar-refractivity contribution in [2.24, 2.45) is 5.73 Å². The first-order valence-electron chi connectivity index (χ1n) is 9.74. The molecule has 32 heavy (non-hydrogen) atoms. The number of carbonyl (C=O) groups excluding carboxylic acids is 2. The molecule has 0 aromatic heterocycles. The zero-order chi connectivity index (χ0) is 23.5. The van der Waals surface area contributed by atoms with E-state index in [2.05, 4.69) is 5.32 Å². The number of amides is 2. The summed E-state index contributed by atoms with van der Waals surface area (Å²) < 4.78 is 42.9. The maximum atomic E-state index is 13.1. The number of hydrogen-bond donors (Lipinski definition) is 2. The zero-order valence-corrected chi connectivity index (χ0v) is 18.8. The van der Waals surface area contributed by atoms with E-state index in [9.17, 15) is 18.0 Å². The predicted molar refractivity (Wildman–Crippen MR) is 117 cm³/mol. The van der Waals surface area contributed by atoms with E-state index in [1.54, 1.807) is 13.0 Å². The van der Waals surface area contributed by atoms with Crippen molar-refractivity contribution < 1.29 is 32.2 Å². The van der Waals surface area contributed by atoms with Crippen LogP contribution in [-0.2, 0) is 14.8 Å². The van der Waals surface area contributed by atoms with Gasteiger partial charge < -0.3 is 25.3 Å². The Bertz CT molecular complexity index is 1140. The number of methoxy groups -OCH3 is 2. The summed E-state index contributed by atoms with van der Waals surface area (Å²) in [5.41, 5.74) is 6.29. The normalized spacial score (nSPS) is 14.6. The molecule has 0 bridgehead atoms. The second-order valence-corrected chi connectivity index (χ2v) is 9.00. The van der Waals surface area contributed by atoms with Crippen molar-refractivity contribution in [3.63, 3.8) is 0 Å². The summed E-state index contributed by atoms with van der Waals surface area (Å²) in [4.78, 5) is 25.0. The maximum absolute atomic E-state index is 13.1. The number of hydrogen-bond acceptors (Lipinski definition) is 7. The van der Waals surface area contributed by atoms with Crippen molar-refractivity contribution in [2.75, 3.05) is 45.8 Å². The Kier molecular flexibility index (Phi) is 7.02. The van der Waals surface area contributed by atoms with Gasteiger partial charge in [-0.1, -0.05) is 6.07 Å². The van der Waals surface area contributed by atoms with Gasteiger partial charge in [0.15, 0.2) is 11.5 Å². The smallest absolute Gasteiger partial charge is 0.255 e. The third-order valence-electron chi connectivity index (χ3n) is 5.10. The topological polar surface area (TPSA) is 137 Å². The lowest BCUT2D eigenvalue weighted by molar-refractivity contribution is 0.0730. The SMILES string of the molecule is COc1cc(NC(=O)c2cc(S(=O)(=O)N3CCOCC3)ccc2C)c(C(N)=O)cc1OC. The molecule has 1 aliphatic rings. The van der Waals surface area contributed by atoms with Gasteiger partial charge in [0.2, 0.25) is 10.0 Å². The van der Waals surface area contributed by atoms with E-state index in [0.29, 0.717) is 18.8 Å². The van der Waals surface area contributed by atoms with Gasteiger partial charge in [-0.05, 0) is 30.7 Å². The molecular weight excluding hydrogens is 438 g/mol. The summed E-state index contributed by atoms with van der Waals surface area (Å²) in [6.07, 6.45) is 0. The molecule has 3 rings (SSSR count). The van der Waals surface area contributed by atoms with Crippen molar-refractivity contribution >= 4 is 27.5 Å². The molecule has 172 valence electrons. The molecule has 3 N–H and O–H groups in total. The molecule has 2 aromatic rings. The monoisotopic (exact) mass is 463 g/mol. The Balaban J connectivity index is 1.97. The summed E-state index contributed by atoms with van der Waals surface area (Å²) in [6, 6.07) is 7.12. The van der Waals surface area contributed by atoms with Crippen molar-refractivity contribution in [3.05, 3.63) is 47.0 Å². The number of nitrogens with two attached hydrogens (primary N) is 1. The van der Waals surface area contributed by atoms with Gasteiger partial charge in [-0.3, -0.25) is 9.59 Å². The van der Waals surface area contributed by atoms with Crippen LogP contribution in [0.1, 0.15) is 26.3 Å². The van der Waals surface area contributed by atoms with Crippen LogP contribution in [0.25, 0.3) is 0 Å². The highest BCUT2D eigenvalue weighted by Crippen LogP contribution is 2.33. The van der Waals surface area contributed by atoms with Crippen LogP contribution in [0.2, 0.25) is 0 Å². The van der Waals surface area contributed by atoms with Crippen LogP contribution in [0, 0.1) is 6.92 Å². The number of ether oxygens (including phenoxy) is 3. The fourth-order valence-corrected chi connectivity index (χ4v) is 4.75. The van der Waals surface area contributed by atoms with Crippen molar-refractivity contribution in [2.45, 2.75) is 11.8 Å². The van der Waals surface area contributed by atoms with Crippen molar-refractivity contribution in [1.82, 2.24) is 4.31 Å². The van der Waals surface area contributed by atoms with Crippen LogP contribution in [0.4, 0.5) is 5.69 Å². The molecule has 0 spiro atoms. The summed E-state index contributed by atoms with van der Waals surface area (Å²) >= 11 is 0. The van der Waals surface area contributed by atoms with E-state index in [1.165, 1.54) is 42.8 Å². The molecule has 1 aliphatic heterocycles. The molecule has 2 aromatic carbocycles. The third kappa shape index (κ3) is 4.69.